The lowest BCUT2D eigenvalue weighted by molar-refractivity contribution is 1.21. The summed E-state index contributed by atoms with van der Waals surface area (Å²) in [4.78, 5) is 1.31. The molecule has 2 rings (SSSR count). The molecule has 1 N–H and O–H groups in total. The number of rotatable bonds is 5. The van der Waals surface area contributed by atoms with E-state index in [1.807, 2.05) is 11.8 Å². The first-order chi connectivity index (χ1) is 8.75. The Labute approximate surface area is 121 Å². The minimum absolute atomic E-state index is 0.978. The Morgan fingerprint density at radius 3 is 2.50 bits per heavy atom. The van der Waals surface area contributed by atoms with E-state index in [4.69, 9.17) is 0 Å². The van der Waals surface area contributed by atoms with Gasteiger partial charge < -0.3 is 5.32 Å². The normalized spacial score (nSPS) is 10.3. The van der Waals surface area contributed by atoms with Crippen LogP contribution in [-0.2, 0) is 0 Å². The van der Waals surface area contributed by atoms with Gasteiger partial charge in [-0.25, -0.2) is 0 Å². The molecule has 0 heterocycles. The first kappa shape index (κ1) is 13.5. The van der Waals surface area contributed by atoms with Crippen LogP contribution in [0.4, 0.5) is 5.69 Å². The zero-order valence-electron chi connectivity index (χ0n) is 10.3. The largest absolute Gasteiger partial charge is 0.384 e. The molecule has 0 saturated heterocycles. The average molecular weight is 322 g/mol. The molecule has 3 heteroatoms. The van der Waals surface area contributed by atoms with E-state index in [1.165, 1.54) is 16.1 Å². The van der Waals surface area contributed by atoms with Crippen LogP contribution in [-0.4, -0.2) is 12.3 Å². The van der Waals surface area contributed by atoms with Crippen molar-refractivity contribution < 1.29 is 0 Å². The molecule has 1 nitrogen and oxygen atoms in total. The molecular weight excluding hydrogens is 306 g/mol. The summed E-state index contributed by atoms with van der Waals surface area (Å²) < 4.78 is 1.13. The van der Waals surface area contributed by atoms with Gasteiger partial charge in [0, 0.05) is 27.4 Å². The molecule has 18 heavy (non-hydrogen) atoms. The second-order valence-electron chi connectivity index (χ2n) is 4.04. The third kappa shape index (κ3) is 4.07. The van der Waals surface area contributed by atoms with Crippen LogP contribution in [0.1, 0.15) is 5.56 Å². The Kier molecular flexibility index (Phi) is 5.14. The highest BCUT2D eigenvalue weighted by Crippen LogP contribution is 2.20. The third-order valence-electron chi connectivity index (χ3n) is 2.64. The Balaban J connectivity index is 1.76. The second kappa shape index (κ2) is 6.86. The zero-order valence-corrected chi connectivity index (χ0v) is 12.7. The molecule has 0 radical (unpaired) electrons. The van der Waals surface area contributed by atoms with Crippen molar-refractivity contribution in [3.63, 3.8) is 0 Å². The number of anilines is 1. The quantitative estimate of drug-likeness (QED) is 0.617. The maximum absolute atomic E-state index is 3.46. The Hall–Kier alpha value is -0.930. The van der Waals surface area contributed by atoms with E-state index in [0.717, 1.165) is 16.8 Å². The summed E-state index contributed by atoms with van der Waals surface area (Å²) in [7, 11) is 0. The summed E-state index contributed by atoms with van der Waals surface area (Å²) in [5, 5.41) is 3.46. The molecule has 0 amide bonds. The molecule has 0 aliphatic carbocycles. The summed E-state index contributed by atoms with van der Waals surface area (Å²) in [6.07, 6.45) is 0. The Morgan fingerprint density at radius 2 is 1.78 bits per heavy atom. The summed E-state index contributed by atoms with van der Waals surface area (Å²) in [5.74, 6) is 1.07. The van der Waals surface area contributed by atoms with Gasteiger partial charge in [0.15, 0.2) is 0 Å². The highest BCUT2D eigenvalue weighted by molar-refractivity contribution is 9.10. The summed E-state index contributed by atoms with van der Waals surface area (Å²) >= 11 is 5.32. The highest BCUT2D eigenvalue weighted by atomic mass is 79.9. The summed E-state index contributed by atoms with van der Waals surface area (Å²) in [6, 6.07) is 16.8. The smallest absolute Gasteiger partial charge is 0.0370 e. The van der Waals surface area contributed by atoms with Crippen molar-refractivity contribution in [3.05, 3.63) is 58.6 Å². The average Bonchev–Trinajstić information content (AvgIpc) is 2.39. The van der Waals surface area contributed by atoms with E-state index in [-0.39, 0.29) is 0 Å². The molecule has 0 saturated carbocycles. The number of benzene rings is 2. The third-order valence-corrected chi connectivity index (χ3v) is 4.19. The van der Waals surface area contributed by atoms with Gasteiger partial charge in [-0.05, 0) is 42.8 Å². The van der Waals surface area contributed by atoms with Gasteiger partial charge in [0.2, 0.25) is 0 Å². The maximum Gasteiger partial charge on any atom is 0.0370 e. The van der Waals surface area contributed by atoms with Gasteiger partial charge in [0.05, 0.1) is 0 Å². The van der Waals surface area contributed by atoms with Crippen molar-refractivity contribution in [3.8, 4) is 0 Å². The minimum Gasteiger partial charge on any atom is -0.384 e. The molecule has 0 unspecified atom stereocenters. The molecule has 0 fully saturated rings. The molecule has 0 bridgehead atoms. The van der Waals surface area contributed by atoms with Crippen LogP contribution in [0, 0.1) is 6.92 Å². The lowest BCUT2D eigenvalue weighted by Crippen LogP contribution is -2.04. The predicted octanol–water partition coefficient (Wildman–Crippen LogP) is 4.96. The first-order valence-corrected chi connectivity index (χ1v) is 7.71. The van der Waals surface area contributed by atoms with Crippen molar-refractivity contribution in [1.82, 2.24) is 0 Å². The highest BCUT2D eigenvalue weighted by Gasteiger charge is 1.97. The van der Waals surface area contributed by atoms with Crippen LogP contribution in [0.5, 0.6) is 0 Å². The topological polar surface area (TPSA) is 12.0 Å². The standard InChI is InChI=1S/C15H16BrNS/c1-12-4-2-3-5-15(12)17-10-11-18-14-8-6-13(16)7-9-14/h2-9,17H,10-11H2,1H3. The van der Waals surface area contributed by atoms with E-state index >= 15 is 0 Å². The van der Waals surface area contributed by atoms with Gasteiger partial charge in [-0.15, -0.1) is 11.8 Å². The Bertz CT molecular complexity index is 496. The first-order valence-electron chi connectivity index (χ1n) is 5.93. The van der Waals surface area contributed by atoms with Crippen LogP contribution in [0.3, 0.4) is 0 Å². The summed E-state index contributed by atoms with van der Waals surface area (Å²) in [6.45, 7) is 3.11. The predicted molar refractivity (Wildman–Crippen MR) is 84.5 cm³/mol. The van der Waals surface area contributed by atoms with Crippen molar-refractivity contribution in [2.45, 2.75) is 11.8 Å². The van der Waals surface area contributed by atoms with Crippen LogP contribution in [0.15, 0.2) is 57.9 Å². The fourth-order valence-electron chi connectivity index (χ4n) is 1.66. The summed E-state index contributed by atoms with van der Waals surface area (Å²) in [5.41, 5.74) is 2.53. The molecule has 0 aliphatic heterocycles. The second-order valence-corrected chi connectivity index (χ2v) is 6.13. The van der Waals surface area contributed by atoms with Gasteiger partial charge in [0.1, 0.15) is 0 Å². The maximum atomic E-state index is 3.46. The number of aryl methyl sites for hydroxylation is 1. The fraction of sp³-hybridized carbons (Fsp3) is 0.200. The lowest BCUT2D eigenvalue weighted by atomic mass is 10.2. The van der Waals surface area contributed by atoms with E-state index in [1.54, 1.807) is 0 Å². The van der Waals surface area contributed by atoms with Crippen molar-refractivity contribution >= 4 is 33.4 Å². The van der Waals surface area contributed by atoms with Crippen LogP contribution < -0.4 is 5.32 Å². The Morgan fingerprint density at radius 1 is 1.06 bits per heavy atom. The van der Waals surface area contributed by atoms with E-state index in [9.17, 15) is 0 Å². The molecule has 2 aromatic carbocycles. The molecule has 0 spiro atoms. The monoisotopic (exact) mass is 321 g/mol. The van der Waals surface area contributed by atoms with Gasteiger partial charge >= 0.3 is 0 Å². The van der Waals surface area contributed by atoms with Crippen molar-refractivity contribution in [2.75, 3.05) is 17.6 Å². The van der Waals surface area contributed by atoms with E-state index < -0.39 is 0 Å². The SMILES string of the molecule is Cc1ccccc1NCCSc1ccc(Br)cc1. The van der Waals surface area contributed by atoms with Gasteiger partial charge in [0.25, 0.3) is 0 Å². The number of halogens is 1. The fourth-order valence-corrected chi connectivity index (χ4v) is 2.69. The lowest BCUT2D eigenvalue weighted by Gasteiger charge is -2.08. The van der Waals surface area contributed by atoms with E-state index in [2.05, 4.69) is 76.7 Å². The number of para-hydroxylation sites is 1. The van der Waals surface area contributed by atoms with E-state index in [0.29, 0.717) is 0 Å². The molecule has 2 aromatic rings. The molecule has 0 aromatic heterocycles. The molecule has 94 valence electrons. The molecule has 0 atom stereocenters. The minimum atomic E-state index is 0.978. The number of nitrogens with one attached hydrogen (secondary N) is 1. The zero-order chi connectivity index (χ0) is 12.8. The van der Waals surface area contributed by atoms with Crippen LogP contribution in [0.25, 0.3) is 0 Å². The molecule has 0 aliphatic rings. The van der Waals surface area contributed by atoms with Crippen LogP contribution in [0.2, 0.25) is 0 Å². The van der Waals surface area contributed by atoms with Crippen molar-refractivity contribution in [2.24, 2.45) is 0 Å². The van der Waals surface area contributed by atoms with Gasteiger partial charge in [-0.2, -0.15) is 0 Å². The van der Waals surface area contributed by atoms with Gasteiger partial charge in [-0.3, -0.25) is 0 Å². The number of hydrogen-bond donors (Lipinski definition) is 1. The number of hydrogen-bond acceptors (Lipinski definition) is 2. The van der Waals surface area contributed by atoms with Crippen LogP contribution >= 0.6 is 27.7 Å². The van der Waals surface area contributed by atoms with Crippen molar-refractivity contribution in [1.29, 1.82) is 0 Å². The van der Waals surface area contributed by atoms with Gasteiger partial charge in [-0.1, -0.05) is 34.1 Å². The molecular formula is C15H16BrNS. The number of thioether (sulfide) groups is 1.